The van der Waals surface area contributed by atoms with Crippen LogP contribution >= 0.6 is 12.2 Å². The van der Waals surface area contributed by atoms with E-state index in [9.17, 15) is 4.79 Å². The molecule has 5 heteroatoms. The maximum Gasteiger partial charge on any atom is 0.250 e. The van der Waals surface area contributed by atoms with E-state index in [2.05, 4.69) is 28.4 Å². The smallest absolute Gasteiger partial charge is 0.250 e. The van der Waals surface area contributed by atoms with Crippen LogP contribution in [-0.4, -0.2) is 33.7 Å². The number of allylic oxidation sites excluding steroid dienone is 1. The summed E-state index contributed by atoms with van der Waals surface area (Å²) in [7, 11) is 0. The van der Waals surface area contributed by atoms with Crippen molar-refractivity contribution in [3.63, 3.8) is 0 Å². The molecule has 1 N–H and O–H groups in total. The van der Waals surface area contributed by atoms with Gasteiger partial charge in [-0.2, -0.15) is 0 Å². The van der Waals surface area contributed by atoms with Gasteiger partial charge in [-0.15, -0.1) is 0 Å². The number of nitrogens with one attached hydrogen (secondary N) is 1. The van der Waals surface area contributed by atoms with E-state index in [1.807, 2.05) is 10.6 Å². The topological polar surface area (TPSA) is 37.3 Å². The van der Waals surface area contributed by atoms with Gasteiger partial charge in [-0.05, 0) is 55.3 Å². The first-order valence-electron chi connectivity index (χ1n) is 9.11. The first-order valence-corrected chi connectivity index (χ1v) is 9.51. The molecule has 5 atom stereocenters. The molecule has 4 bridgehead atoms. The zero-order valence-corrected chi connectivity index (χ0v) is 14.5. The minimum atomic E-state index is 0.144. The first kappa shape index (κ1) is 14.7. The van der Waals surface area contributed by atoms with Gasteiger partial charge in [-0.1, -0.05) is 18.2 Å². The number of aromatic nitrogens is 1. The molecule has 0 amide bonds. The summed E-state index contributed by atoms with van der Waals surface area (Å²) in [5, 5.41) is 4.56. The fourth-order valence-corrected chi connectivity index (χ4v) is 5.56. The number of hydrogen-bond acceptors (Lipinski definition) is 2. The molecule has 24 heavy (non-hydrogen) atoms. The second-order valence-electron chi connectivity index (χ2n) is 7.94. The zero-order valence-electron chi connectivity index (χ0n) is 13.7. The Morgan fingerprint density at radius 3 is 2.83 bits per heavy atom. The predicted molar refractivity (Wildman–Crippen MR) is 98.0 cm³/mol. The minimum absolute atomic E-state index is 0.144. The summed E-state index contributed by atoms with van der Waals surface area (Å²) in [6.45, 7) is 2.74. The van der Waals surface area contributed by atoms with Crippen molar-refractivity contribution in [2.75, 3.05) is 13.1 Å². The normalized spacial score (nSPS) is 35.8. The summed E-state index contributed by atoms with van der Waals surface area (Å²) in [6, 6.07) is 6.20. The lowest BCUT2D eigenvalue weighted by Crippen LogP contribution is -2.53. The van der Waals surface area contributed by atoms with Crippen molar-refractivity contribution in [1.29, 1.82) is 0 Å². The molecule has 1 aromatic rings. The lowest BCUT2D eigenvalue weighted by atomic mass is 9.83. The molecule has 1 aromatic heterocycles. The van der Waals surface area contributed by atoms with E-state index in [4.69, 9.17) is 12.2 Å². The van der Waals surface area contributed by atoms with Crippen molar-refractivity contribution >= 4 is 17.3 Å². The van der Waals surface area contributed by atoms with Crippen LogP contribution in [0.3, 0.4) is 0 Å². The van der Waals surface area contributed by atoms with E-state index in [1.165, 1.54) is 25.0 Å². The Hall–Kier alpha value is -1.62. The quantitative estimate of drug-likeness (QED) is 0.627. The predicted octanol–water partition coefficient (Wildman–Crippen LogP) is 2.11. The lowest BCUT2D eigenvalue weighted by molar-refractivity contribution is 0.176. The Balaban J connectivity index is 1.32. The molecule has 4 aliphatic rings. The molecule has 2 aliphatic heterocycles. The number of likely N-dealkylation sites (tertiary alicyclic amines) is 1. The summed E-state index contributed by atoms with van der Waals surface area (Å²) in [5.41, 5.74) is 1.33. The number of pyridine rings is 1. The van der Waals surface area contributed by atoms with E-state index in [0.29, 0.717) is 23.8 Å². The summed E-state index contributed by atoms with van der Waals surface area (Å²) in [6.07, 6.45) is 8.43. The molecule has 1 saturated carbocycles. The van der Waals surface area contributed by atoms with Crippen molar-refractivity contribution in [2.24, 2.45) is 17.8 Å². The minimum Gasteiger partial charge on any atom is -0.359 e. The molecule has 0 radical (unpaired) electrons. The third kappa shape index (κ3) is 2.32. The van der Waals surface area contributed by atoms with E-state index in [1.54, 1.807) is 6.07 Å². The van der Waals surface area contributed by atoms with Gasteiger partial charge in [0.1, 0.15) is 0 Å². The number of thiocarbonyl (C=S) groups is 1. The Kier molecular flexibility index (Phi) is 3.34. The van der Waals surface area contributed by atoms with Gasteiger partial charge in [0.2, 0.25) is 0 Å². The fraction of sp³-hybridized carbons (Fsp3) is 0.579. The number of fused-ring (bicyclic) bond motifs is 6. The highest BCUT2D eigenvalue weighted by atomic mass is 32.1. The van der Waals surface area contributed by atoms with E-state index in [-0.39, 0.29) is 5.56 Å². The number of piperidine rings is 1. The number of hydrogen-bond donors (Lipinski definition) is 1. The van der Waals surface area contributed by atoms with Gasteiger partial charge in [-0.3, -0.25) is 4.79 Å². The Morgan fingerprint density at radius 1 is 1.12 bits per heavy atom. The Bertz CT molecular complexity index is 770. The third-order valence-corrected chi connectivity index (χ3v) is 6.73. The average molecular weight is 341 g/mol. The molecular formula is C19H23N3OS. The molecular weight excluding hydrogens is 318 g/mol. The maximum atomic E-state index is 12.1. The molecule has 1 saturated heterocycles. The van der Waals surface area contributed by atoms with Gasteiger partial charge in [0.25, 0.3) is 5.56 Å². The van der Waals surface area contributed by atoms with E-state index >= 15 is 0 Å². The molecule has 0 unspecified atom stereocenters. The Morgan fingerprint density at radius 2 is 2.04 bits per heavy atom. The van der Waals surface area contributed by atoms with Crippen LogP contribution in [0.4, 0.5) is 0 Å². The number of nitrogens with zero attached hydrogens (tertiary/aromatic N) is 2. The van der Waals surface area contributed by atoms with Crippen LogP contribution in [-0.2, 0) is 6.54 Å². The monoisotopic (exact) mass is 341 g/mol. The average Bonchev–Trinajstić information content (AvgIpc) is 3.18. The molecule has 3 heterocycles. The van der Waals surface area contributed by atoms with Crippen molar-refractivity contribution in [3.05, 3.63) is 46.4 Å². The molecule has 2 fully saturated rings. The highest BCUT2D eigenvalue weighted by Gasteiger charge is 2.38. The summed E-state index contributed by atoms with van der Waals surface area (Å²) >= 11 is 5.75. The SMILES string of the molecule is O=c1cccc2n1C[C@H]1C[C@@H]2CN(C(=S)N[C@H]2C[C@@H]3C=C[C@H]2C3)C1. The van der Waals surface area contributed by atoms with Crippen LogP contribution in [0.25, 0.3) is 0 Å². The third-order valence-electron chi connectivity index (χ3n) is 6.35. The second-order valence-corrected chi connectivity index (χ2v) is 8.33. The van der Waals surface area contributed by atoms with Gasteiger partial charge in [0, 0.05) is 43.4 Å². The largest absolute Gasteiger partial charge is 0.359 e. The molecule has 0 aromatic carbocycles. The summed E-state index contributed by atoms with van der Waals surface area (Å²) < 4.78 is 1.98. The molecule has 4 nitrogen and oxygen atoms in total. The maximum absolute atomic E-state index is 12.1. The molecule has 2 aliphatic carbocycles. The number of rotatable bonds is 1. The summed E-state index contributed by atoms with van der Waals surface area (Å²) in [4.78, 5) is 14.5. The summed E-state index contributed by atoms with van der Waals surface area (Å²) in [5.74, 6) is 2.37. The first-order chi connectivity index (χ1) is 11.7. The van der Waals surface area contributed by atoms with Crippen molar-refractivity contribution in [2.45, 2.75) is 37.8 Å². The van der Waals surface area contributed by atoms with Crippen molar-refractivity contribution in [1.82, 2.24) is 14.8 Å². The van der Waals surface area contributed by atoms with Crippen LogP contribution in [0.15, 0.2) is 35.1 Å². The zero-order chi connectivity index (χ0) is 16.3. The highest BCUT2D eigenvalue weighted by Crippen LogP contribution is 2.39. The van der Waals surface area contributed by atoms with Crippen LogP contribution in [0.1, 0.15) is 30.9 Å². The van der Waals surface area contributed by atoms with E-state index < -0.39 is 0 Å². The standard InChI is InChI=1S/C19H23N3OS/c23-18-3-1-2-17-15-7-13(10-22(17)18)9-21(11-15)19(24)20-16-8-12-4-5-14(16)6-12/h1-5,12-16H,6-11H2,(H,20,24)/t12-,13+,14+,15-,16+/m1/s1. The van der Waals surface area contributed by atoms with Crippen LogP contribution in [0, 0.1) is 17.8 Å². The van der Waals surface area contributed by atoms with Crippen molar-refractivity contribution in [3.8, 4) is 0 Å². The highest BCUT2D eigenvalue weighted by molar-refractivity contribution is 7.80. The van der Waals surface area contributed by atoms with Gasteiger partial charge >= 0.3 is 0 Å². The van der Waals surface area contributed by atoms with Crippen LogP contribution < -0.4 is 10.9 Å². The van der Waals surface area contributed by atoms with Gasteiger partial charge in [0.15, 0.2) is 5.11 Å². The van der Waals surface area contributed by atoms with E-state index in [0.717, 1.165) is 30.7 Å². The van der Waals surface area contributed by atoms with Gasteiger partial charge in [-0.25, -0.2) is 0 Å². The van der Waals surface area contributed by atoms with Crippen molar-refractivity contribution < 1.29 is 0 Å². The van der Waals surface area contributed by atoms with Crippen LogP contribution in [0.5, 0.6) is 0 Å². The molecule has 126 valence electrons. The van der Waals surface area contributed by atoms with Crippen LogP contribution in [0.2, 0.25) is 0 Å². The molecule has 0 spiro atoms. The van der Waals surface area contributed by atoms with Gasteiger partial charge < -0.3 is 14.8 Å². The van der Waals surface area contributed by atoms with Gasteiger partial charge in [0.05, 0.1) is 0 Å². The lowest BCUT2D eigenvalue weighted by Gasteiger charge is -2.44. The Labute approximate surface area is 147 Å². The second kappa shape index (κ2) is 5.45. The molecule has 5 rings (SSSR count). The fourth-order valence-electron chi connectivity index (χ4n) is 5.26.